The zero-order valence-corrected chi connectivity index (χ0v) is 17.6. The van der Waals surface area contributed by atoms with Crippen molar-refractivity contribution in [3.05, 3.63) is 42.0 Å². The summed E-state index contributed by atoms with van der Waals surface area (Å²) in [6, 6.07) is 10.9. The number of hydrogen-bond acceptors (Lipinski definition) is 3. The average molecular weight is 398 g/mol. The molecule has 1 saturated carbocycles. The summed E-state index contributed by atoms with van der Waals surface area (Å²) in [4.78, 5) is 21.3. The summed E-state index contributed by atoms with van der Waals surface area (Å²) in [6.07, 6.45) is 8.10. The molecular weight excluding hydrogens is 362 g/mol. The second kappa shape index (κ2) is 11.6. The Labute approximate surface area is 175 Å². The Balaban J connectivity index is 1.37. The zero-order chi connectivity index (χ0) is 20.3. The Bertz CT molecular complexity index is 676. The Morgan fingerprint density at radius 2 is 1.93 bits per heavy atom. The van der Waals surface area contributed by atoms with Crippen molar-refractivity contribution < 1.29 is 4.79 Å². The van der Waals surface area contributed by atoms with Crippen molar-refractivity contribution in [2.45, 2.75) is 38.6 Å². The van der Waals surface area contributed by atoms with Gasteiger partial charge in [0.2, 0.25) is 5.91 Å². The lowest BCUT2D eigenvalue weighted by Crippen LogP contribution is -2.52. The molecule has 3 rings (SSSR count). The van der Waals surface area contributed by atoms with Crippen LogP contribution in [0.1, 0.15) is 38.2 Å². The van der Waals surface area contributed by atoms with E-state index in [2.05, 4.69) is 63.8 Å². The first-order valence-electron chi connectivity index (χ1n) is 11.0. The lowest BCUT2D eigenvalue weighted by molar-refractivity contribution is -0.121. The monoisotopic (exact) mass is 397 g/mol. The Morgan fingerprint density at radius 1 is 1.17 bits per heavy atom. The van der Waals surface area contributed by atoms with E-state index in [0.29, 0.717) is 19.0 Å². The van der Waals surface area contributed by atoms with E-state index < -0.39 is 0 Å². The minimum atomic E-state index is 0.171. The summed E-state index contributed by atoms with van der Waals surface area (Å²) in [7, 11) is 0. The number of carbonyl (C=O) groups is 1. The summed E-state index contributed by atoms with van der Waals surface area (Å²) in [6.45, 7) is 8.66. The van der Waals surface area contributed by atoms with E-state index in [-0.39, 0.29) is 5.91 Å². The van der Waals surface area contributed by atoms with E-state index >= 15 is 0 Å². The summed E-state index contributed by atoms with van der Waals surface area (Å²) < 4.78 is 0. The highest BCUT2D eigenvalue weighted by Gasteiger charge is 2.23. The van der Waals surface area contributed by atoms with Gasteiger partial charge < -0.3 is 15.5 Å². The lowest BCUT2D eigenvalue weighted by Gasteiger charge is -2.36. The van der Waals surface area contributed by atoms with E-state index in [1.807, 2.05) is 6.07 Å². The molecule has 1 amide bonds. The van der Waals surface area contributed by atoms with Gasteiger partial charge in [-0.05, 0) is 31.7 Å². The number of hydrogen-bond donors (Lipinski definition) is 2. The maximum absolute atomic E-state index is 11.8. The molecule has 0 aromatic heterocycles. The molecule has 0 bridgehead atoms. The molecular formula is C23H35N5O. The molecule has 0 unspecified atom stereocenters. The minimum Gasteiger partial charge on any atom is -0.357 e. The SMILES string of the molecule is CCNC(=NCCCC(=O)NC1CC1)N1CCN(C/C=C/c2ccccc2)CC1. The third-order valence-electron chi connectivity index (χ3n) is 5.25. The number of carbonyl (C=O) groups excluding carboxylic acids is 1. The van der Waals surface area contributed by atoms with Crippen LogP contribution in [0.3, 0.4) is 0 Å². The number of guanidine groups is 1. The van der Waals surface area contributed by atoms with Gasteiger partial charge in [-0.1, -0.05) is 42.5 Å². The van der Waals surface area contributed by atoms with Crippen molar-refractivity contribution in [3.8, 4) is 0 Å². The third-order valence-corrected chi connectivity index (χ3v) is 5.25. The van der Waals surface area contributed by atoms with Gasteiger partial charge in [-0.15, -0.1) is 0 Å². The average Bonchev–Trinajstić information content (AvgIpc) is 3.56. The first-order valence-corrected chi connectivity index (χ1v) is 11.0. The van der Waals surface area contributed by atoms with Crippen LogP contribution in [0.15, 0.2) is 41.4 Å². The number of amides is 1. The van der Waals surface area contributed by atoms with Crippen LogP contribution in [0, 0.1) is 0 Å². The van der Waals surface area contributed by atoms with Crippen LogP contribution in [-0.4, -0.2) is 73.5 Å². The molecule has 1 saturated heterocycles. The van der Waals surface area contributed by atoms with Gasteiger partial charge >= 0.3 is 0 Å². The van der Waals surface area contributed by atoms with Crippen molar-refractivity contribution in [1.29, 1.82) is 0 Å². The second-order valence-corrected chi connectivity index (χ2v) is 7.78. The predicted molar refractivity (Wildman–Crippen MR) is 120 cm³/mol. The van der Waals surface area contributed by atoms with Gasteiger partial charge in [-0.2, -0.15) is 0 Å². The Hall–Kier alpha value is -2.34. The summed E-state index contributed by atoms with van der Waals surface area (Å²) in [5.41, 5.74) is 1.25. The Morgan fingerprint density at radius 3 is 2.62 bits per heavy atom. The van der Waals surface area contributed by atoms with Gasteiger partial charge in [0.25, 0.3) is 0 Å². The molecule has 1 aliphatic carbocycles. The van der Waals surface area contributed by atoms with E-state index in [0.717, 1.165) is 64.5 Å². The quantitative estimate of drug-likeness (QED) is 0.381. The van der Waals surface area contributed by atoms with Gasteiger partial charge in [0.15, 0.2) is 5.96 Å². The van der Waals surface area contributed by atoms with Crippen LogP contribution in [0.2, 0.25) is 0 Å². The van der Waals surface area contributed by atoms with Crippen LogP contribution >= 0.6 is 0 Å². The molecule has 1 aliphatic heterocycles. The van der Waals surface area contributed by atoms with Crippen molar-refractivity contribution >= 4 is 17.9 Å². The fourth-order valence-corrected chi connectivity index (χ4v) is 3.42. The summed E-state index contributed by atoms with van der Waals surface area (Å²) >= 11 is 0. The molecule has 6 nitrogen and oxygen atoms in total. The van der Waals surface area contributed by atoms with Crippen molar-refractivity contribution in [1.82, 2.24) is 20.4 Å². The fourth-order valence-electron chi connectivity index (χ4n) is 3.42. The number of aliphatic imine (C=N–C) groups is 1. The highest BCUT2D eigenvalue weighted by atomic mass is 16.1. The van der Waals surface area contributed by atoms with Crippen molar-refractivity contribution in [2.75, 3.05) is 45.8 Å². The fraction of sp³-hybridized carbons (Fsp3) is 0.565. The van der Waals surface area contributed by atoms with Crippen molar-refractivity contribution in [3.63, 3.8) is 0 Å². The normalized spacial score (nSPS) is 18.2. The number of nitrogens with zero attached hydrogens (tertiary/aromatic N) is 3. The van der Waals surface area contributed by atoms with Crippen LogP contribution in [0.5, 0.6) is 0 Å². The third kappa shape index (κ3) is 7.89. The number of rotatable bonds is 9. The lowest BCUT2D eigenvalue weighted by atomic mass is 10.2. The molecule has 158 valence electrons. The highest BCUT2D eigenvalue weighted by Crippen LogP contribution is 2.18. The molecule has 1 heterocycles. The molecule has 2 aliphatic rings. The minimum absolute atomic E-state index is 0.171. The van der Waals surface area contributed by atoms with Crippen LogP contribution in [-0.2, 0) is 4.79 Å². The van der Waals surface area contributed by atoms with E-state index in [1.165, 1.54) is 5.56 Å². The predicted octanol–water partition coefficient (Wildman–Crippen LogP) is 2.34. The van der Waals surface area contributed by atoms with Crippen LogP contribution < -0.4 is 10.6 Å². The molecule has 0 atom stereocenters. The van der Waals surface area contributed by atoms with Crippen molar-refractivity contribution in [2.24, 2.45) is 4.99 Å². The topological polar surface area (TPSA) is 60.0 Å². The van der Waals surface area contributed by atoms with Crippen LogP contribution in [0.25, 0.3) is 6.08 Å². The van der Waals surface area contributed by atoms with Gasteiger partial charge in [-0.3, -0.25) is 14.7 Å². The molecule has 2 fully saturated rings. The summed E-state index contributed by atoms with van der Waals surface area (Å²) in [5, 5.41) is 6.44. The van der Waals surface area contributed by atoms with Gasteiger partial charge in [0.05, 0.1) is 0 Å². The van der Waals surface area contributed by atoms with E-state index in [1.54, 1.807) is 0 Å². The molecule has 6 heteroatoms. The molecule has 1 aromatic carbocycles. The number of nitrogens with one attached hydrogen (secondary N) is 2. The molecule has 29 heavy (non-hydrogen) atoms. The number of benzene rings is 1. The van der Waals surface area contributed by atoms with E-state index in [4.69, 9.17) is 4.99 Å². The van der Waals surface area contributed by atoms with Gasteiger partial charge in [0, 0.05) is 58.3 Å². The van der Waals surface area contributed by atoms with Gasteiger partial charge in [-0.25, -0.2) is 0 Å². The molecule has 0 spiro atoms. The summed E-state index contributed by atoms with van der Waals surface area (Å²) in [5.74, 6) is 1.15. The molecule has 1 aromatic rings. The molecule has 2 N–H and O–H groups in total. The standard InChI is InChI=1S/C23H35N5O/c1-2-24-23(25-14-6-11-22(29)26-21-12-13-21)28-18-16-27(17-19-28)15-7-10-20-8-4-3-5-9-20/h3-5,7-10,21H,2,6,11-19H2,1H3,(H,24,25)(H,26,29)/b10-7+. The first kappa shape index (κ1) is 21.4. The largest absolute Gasteiger partial charge is 0.357 e. The maximum atomic E-state index is 11.8. The van der Waals surface area contributed by atoms with Gasteiger partial charge in [0.1, 0.15) is 0 Å². The highest BCUT2D eigenvalue weighted by molar-refractivity contribution is 5.80. The number of piperazine rings is 1. The molecule has 0 radical (unpaired) electrons. The first-order chi connectivity index (χ1) is 14.2. The maximum Gasteiger partial charge on any atom is 0.220 e. The second-order valence-electron chi connectivity index (χ2n) is 7.78. The smallest absolute Gasteiger partial charge is 0.220 e. The zero-order valence-electron chi connectivity index (χ0n) is 17.6. The van der Waals surface area contributed by atoms with E-state index in [9.17, 15) is 4.79 Å². The Kier molecular flexibility index (Phi) is 8.56. The van der Waals surface area contributed by atoms with Crippen LogP contribution in [0.4, 0.5) is 0 Å².